The van der Waals surface area contributed by atoms with Crippen molar-refractivity contribution in [3.05, 3.63) is 106 Å². The minimum atomic E-state index is -0.867. The fourth-order valence-corrected chi connectivity index (χ4v) is 3.21. The summed E-state index contributed by atoms with van der Waals surface area (Å²) in [6.45, 7) is 4.19. The molecule has 0 bridgehead atoms. The van der Waals surface area contributed by atoms with Crippen molar-refractivity contribution in [2.45, 2.75) is 46.0 Å². The molecule has 0 saturated heterocycles. The second kappa shape index (κ2) is 11.1. The molecule has 0 radical (unpaired) electrons. The lowest BCUT2D eigenvalue weighted by molar-refractivity contribution is 0.495. The number of aryl methyl sites for hydroxylation is 2. The summed E-state index contributed by atoms with van der Waals surface area (Å²) in [6, 6.07) is 18.9. The normalized spacial score (nSPS) is 10.1. The van der Waals surface area contributed by atoms with Crippen molar-refractivity contribution in [1.29, 1.82) is 0 Å². The molecule has 3 rings (SSSR count). The summed E-state index contributed by atoms with van der Waals surface area (Å²) in [4.78, 5) is 0. The average Bonchev–Trinajstić information content (AvgIpc) is 2.80. The quantitative estimate of drug-likeness (QED) is 0.394. The van der Waals surface area contributed by atoms with Crippen LogP contribution in [-0.4, -0.2) is 0 Å². The third-order valence-electron chi connectivity index (χ3n) is 5.03. The van der Waals surface area contributed by atoms with Crippen molar-refractivity contribution in [3.63, 3.8) is 0 Å². The van der Waals surface area contributed by atoms with Crippen LogP contribution in [0.15, 0.2) is 60.7 Å². The number of benzene rings is 3. The molecule has 3 aromatic carbocycles. The zero-order chi connectivity index (χ0) is 22.1. The Balaban J connectivity index is 1.70. The minimum absolute atomic E-state index is 0.0770. The van der Waals surface area contributed by atoms with Crippen molar-refractivity contribution in [2.24, 2.45) is 0 Å². The zero-order valence-corrected chi connectivity index (χ0v) is 18.1. The number of hydrogen-bond acceptors (Lipinski definition) is 0. The van der Waals surface area contributed by atoms with Gasteiger partial charge in [0.2, 0.25) is 0 Å². The van der Waals surface area contributed by atoms with E-state index in [0.29, 0.717) is 12.0 Å². The van der Waals surface area contributed by atoms with Crippen LogP contribution in [0.4, 0.5) is 8.78 Å². The van der Waals surface area contributed by atoms with Crippen molar-refractivity contribution in [2.75, 3.05) is 0 Å². The molecule has 0 heterocycles. The van der Waals surface area contributed by atoms with Crippen molar-refractivity contribution >= 4 is 0 Å². The molecule has 0 atom stereocenters. The molecule has 0 saturated carbocycles. The van der Waals surface area contributed by atoms with E-state index in [-0.39, 0.29) is 5.56 Å². The molecule has 0 fully saturated rings. The maximum atomic E-state index is 14.3. The molecule has 2 heteroatoms. The largest absolute Gasteiger partial charge is 0.203 e. The summed E-state index contributed by atoms with van der Waals surface area (Å²) in [7, 11) is 0. The Morgan fingerprint density at radius 2 is 1.13 bits per heavy atom. The topological polar surface area (TPSA) is 0 Å². The maximum absolute atomic E-state index is 14.3. The number of unbranched alkanes of at least 4 members (excludes halogenated alkanes) is 1. The van der Waals surface area contributed by atoms with Crippen molar-refractivity contribution in [1.82, 2.24) is 0 Å². The lowest BCUT2D eigenvalue weighted by atomic mass is 10.0. The first-order valence-corrected chi connectivity index (χ1v) is 10.8. The Labute approximate surface area is 184 Å². The molecule has 0 aromatic heterocycles. The number of halogens is 2. The molecule has 0 unspecified atom stereocenters. The highest BCUT2D eigenvalue weighted by Crippen LogP contribution is 2.18. The molecule has 3 aromatic rings. The van der Waals surface area contributed by atoms with Gasteiger partial charge < -0.3 is 0 Å². The van der Waals surface area contributed by atoms with Gasteiger partial charge in [-0.3, -0.25) is 0 Å². The second-order valence-corrected chi connectivity index (χ2v) is 7.53. The predicted molar refractivity (Wildman–Crippen MR) is 124 cm³/mol. The summed E-state index contributed by atoms with van der Waals surface area (Å²) in [5, 5.41) is 0. The standard InChI is InChI=1S/C29H26F2/c1-3-5-7-26-20-21-27(29(31)28(26)30)19-18-25-16-14-24(15-17-25)13-12-23-10-8-22(6-4-2)9-11-23/h8-11,14-17,20-21H,3-7H2,1-2H3. The van der Waals surface area contributed by atoms with Crippen LogP contribution in [0, 0.1) is 35.3 Å². The number of hydrogen-bond donors (Lipinski definition) is 0. The molecule has 31 heavy (non-hydrogen) atoms. The Morgan fingerprint density at radius 1 is 0.581 bits per heavy atom. The third-order valence-corrected chi connectivity index (χ3v) is 5.03. The van der Waals surface area contributed by atoms with E-state index in [1.165, 1.54) is 5.56 Å². The van der Waals surface area contributed by atoms with Gasteiger partial charge in [0.25, 0.3) is 0 Å². The monoisotopic (exact) mass is 412 g/mol. The highest BCUT2D eigenvalue weighted by atomic mass is 19.2. The molecular weight excluding hydrogens is 386 g/mol. The summed E-state index contributed by atoms with van der Waals surface area (Å²) in [5.41, 5.74) is 4.39. The second-order valence-electron chi connectivity index (χ2n) is 7.53. The Bertz CT molecular complexity index is 1130. The molecule has 0 amide bonds. The van der Waals surface area contributed by atoms with E-state index in [2.05, 4.69) is 42.7 Å². The van der Waals surface area contributed by atoms with Gasteiger partial charge in [0, 0.05) is 16.7 Å². The van der Waals surface area contributed by atoms with Crippen LogP contribution in [0.5, 0.6) is 0 Å². The lowest BCUT2D eigenvalue weighted by Crippen LogP contribution is -1.97. The molecular formula is C29H26F2. The van der Waals surface area contributed by atoms with Gasteiger partial charge in [-0.1, -0.05) is 68.6 Å². The van der Waals surface area contributed by atoms with Gasteiger partial charge in [-0.15, -0.1) is 0 Å². The van der Waals surface area contributed by atoms with E-state index >= 15 is 0 Å². The van der Waals surface area contributed by atoms with E-state index < -0.39 is 11.6 Å². The first kappa shape index (κ1) is 22.3. The van der Waals surface area contributed by atoms with E-state index in [1.807, 2.05) is 43.3 Å². The first-order valence-electron chi connectivity index (χ1n) is 10.8. The maximum Gasteiger partial charge on any atom is 0.174 e. The van der Waals surface area contributed by atoms with Crippen LogP contribution >= 0.6 is 0 Å². The molecule has 0 nitrogen and oxygen atoms in total. The van der Waals surface area contributed by atoms with Crippen LogP contribution in [0.1, 0.15) is 66.5 Å². The molecule has 0 aliphatic carbocycles. The fraction of sp³-hybridized carbons (Fsp3) is 0.241. The molecule has 156 valence electrons. The van der Waals surface area contributed by atoms with E-state index in [9.17, 15) is 8.78 Å². The van der Waals surface area contributed by atoms with Gasteiger partial charge >= 0.3 is 0 Å². The summed E-state index contributed by atoms with van der Waals surface area (Å²) >= 11 is 0. The van der Waals surface area contributed by atoms with Crippen LogP contribution in [-0.2, 0) is 12.8 Å². The van der Waals surface area contributed by atoms with Crippen LogP contribution in [0.3, 0.4) is 0 Å². The summed E-state index contributed by atoms with van der Waals surface area (Å²) < 4.78 is 28.5. The van der Waals surface area contributed by atoms with E-state index in [0.717, 1.165) is 42.4 Å². The van der Waals surface area contributed by atoms with Crippen molar-refractivity contribution < 1.29 is 8.78 Å². The Hall–Kier alpha value is -3.36. The Morgan fingerprint density at radius 3 is 1.68 bits per heavy atom. The molecule has 0 N–H and O–H groups in total. The van der Waals surface area contributed by atoms with E-state index in [4.69, 9.17) is 0 Å². The molecule has 0 aliphatic rings. The molecule has 0 aliphatic heterocycles. The van der Waals surface area contributed by atoms with Crippen molar-refractivity contribution in [3.8, 4) is 23.7 Å². The highest BCUT2D eigenvalue weighted by molar-refractivity contribution is 5.48. The third kappa shape index (κ3) is 6.31. The first-order chi connectivity index (χ1) is 15.1. The summed E-state index contributed by atoms with van der Waals surface area (Å²) in [6.07, 6.45) is 4.52. The van der Waals surface area contributed by atoms with Crippen LogP contribution in [0.2, 0.25) is 0 Å². The lowest BCUT2D eigenvalue weighted by Gasteiger charge is -2.04. The van der Waals surface area contributed by atoms with Crippen LogP contribution in [0.25, 0.3) is 0 Å². The van der Waals surface area contributed by atoms with Gasteiger partial charge in [0.05, 0.1) is 5.56 Å². The zero-order valence-electron chi connectivity index (χ0n) is 18.1. The van der Waals surface area contributed by atoms with Gasteiger partial charge in [0.1, 0.15) is 0 Å². The minimum Gasteiger partial charge on any atom is -0.203 e. The highest BCUT2D eigenvalue weighted by Gasteiger charge is 2.11. The van der Waals surface area contributed by atoms with Gasteiger partial charge in [-0.2, -0.15) is 0 Å². The SMILES string of the molecule is CCCCc1ccc(C#Cc2ccc(C#Cc3ccc(CCC)cc3)cc2)c(F)c1F. The van der Waals surface area contributed by atoms with E-state index in [1.54, 1.807) is 12.1 Å². The average molecular weight is 413 g/mol. The van der Waals surface area contributed by atoms with Gasteiger partial charge in [-0.25, -0.2) is 8.78 Å². The Kier molecular flexibility index (Phi) is 8.03. The number of rotatable bonds is 5. The summed E-state index contributed by atoms with van der Waals surface area (Å²) in [5.74, 6) is 10.3. The van der Waals surface area contributed by atoms with Gasteiger partial charge in [-0.05, 0) is 72.9 Å². The predicted octanol–water partition coefficient (Wildman–Crippen LogP) is 7.06. The fourth-order valence-electron chi connectivity index (χ4n) is 3.21. The van der Waals surface area contributed by atoms with Crippen LogP contribution < -0.4 is 0 Å². The van der Waals surface area contributed by atoms with Gasteiger partial charge in [0.15, 0.2) is 11.6 Å². The smallest absolute Gasteiger partial charge is 0.174 e. The molecule has 0 spiro atoms.